The minimum Gasteiger partial charge on any atom is -0.495 e. The number of hydrogen-bond acceptors (Lipinski definition) is 5. The van der Waals surface area contributed by atoms with Gasteiger partial charge in [0.05, 0.1) is 24.5 Å². The van der Waals surface area contributed by atoms with Crippen molar-refractivity contribution in [2.75, 3.05) is 12.4 Å². The molecule has 0 aliphatic heterocycles. The summed E-state index contributed by atoms with van der Waals surface area (Å²) in [7, 11) is 1.54. The number of amides is 1. The van der Waals surface area contributed by atoms with Crippen LogP contribution in [-0.4, -0.2) is 22.6 Å². The Kier molecular flexibility index (Phi) is 6.10. The first-order chi connectivity index (χ1) is 15.4. The summed E-state index contributed by atoms with van der Waals surface area (Å²) in [5, 5.41) is 5.33. The van der Waals surface area contributed by atoms with E-state index in [1.54, 1.807) is 26.2 Å². The van der Waals surface area contributed by atoms with Gasteiger partial charge in [0, 0.05) is 10.9 Å². The van der Waals surface area contributed by atoms with Crippen molar-refractivity contribution in [1.29, 1.82) is 0 Å². The topological polar surface area (TPSA) is 73.2 Å². The van der Waals surface area contributed by atoms with E-state index in [1.165, 1.54) is 27.8 Å². The number of para-hydroxylation sites is 2. The Morgan fingerprint density at radius 2 is 1.81 bits per heavy atom. The van der Waals surface area contributed by atoms with Crippen molar-refractivity contribution in [2.24, 2.45) is 0 Å². The van der Waals surface area contributed by atoms with E-state index in [-0.39, 0.29) is 11.5 Å². The molecular formula is C25H25N3O3S. The van der Waals surface area contributed by atoms with E-state index in [4.69, 9.17) is 4.74 Å². The van der Waals surface area contributed by atoms with Gasteiger partial charge in [-0.15, -0.1) is 11.3 Å². The van der Waals surface area contributed by atoms with Crippen LogP contribution in [0.3, 0.4) is 0 Å². The Balaban J connectivity index is 1.69. The number of carbonyl (C=O) groups is 1. The highest BCUT2D eigenvalue weighted by atomic mass is 32.1. The van der Waals surface area contributed by atoms with Gasteiger partial charge in [0.1, 0.15) is 16.6 Å². The third-order valence-corrected chi connectivity index (χ3v) is 6.46. The molecule has 0 aliphatic carbocycles. The lowest BCUT2D eigenvalue weighted by Crippen LogP contribution is -2.31. The van der Waals surface area contributed by atoms with Gasteiger partial charge in [0.2, 0.25) is 5.91 Å². The maximum Gasteiger partial charge on any atom is 0.263 e. The lowest BCUT2D eigenvalue weighted by Gasteiger charge is -2.16. The molecule has 0 saturated heterocycles. The van der Waals surface area contributed by atoms with Crippen molar-refractivity contribution in [3.8, 4) is 16.9 Å². The minimum atomic E-state index is -0.750. The molecule has 0 aliphatic rings. The average molecular weight is 448 g/mol. The zero-order chi connectivity index (χ0) is 22.8. The third kappa shape index (κ3) is 4.03. The van der Waals surface area contributed by atoms with Crippen LogP contribution in [0, 0.1) is 0 Å². The van der Waals surface area contributed by atoms with Crippen molar-refractivity contribution in [1.82, 2.24) is 9.55 Å². The van der Waals surface area contributed by atoms with E-state index >= 15 is 0 Å². The van der Waals surface area contributed by atoms with Gasteiger partial charge in [0.25, 0.3) is 5.56 Å². The second-order valence-corrected chi connectivity index (χ2v) is 8.79. The molecule has 7 heteroatoms. The highest BCUT2D eigenvalue weighted by Gasteiger charge is 2.21. The van der Waals surface area contributed by atoms with Crippen LogP contribution in [0.4, 0.5) is 5.69 Å². The van der Waals surface area contributed by atoms with Gasteiger partial charge in [-0.05, 0) is 36.1 Å². The zero-order valence-corrected chi connectivity index (χ0v) is 19.3. The summed E-state index contributed by atoms with van der Waals surface area (Å²) in [6, 6.07) is 14.6. The predicted molar refractivity (Wildman–Crippen MR) is 130 cm³/mol. The number of rotatable bonds is 6. The van der Waals surface area contributed by atoms with E-state index in [9.17, 15) is 9.59 Å². The van der Waals surface area contributed by atoms with Gasteiger partial charge in [0.15, 0.2) is 0 Å². The number of nitrogens with one attached hydrogen (secondary N) is 1. The molecule has 4 aromatic rings. The lowest BCUT2D eigenvalue weighted by atomic mass is 9.99. The number of aromatic nitrogens is 2. The van der Waals surface area contributed by atoms with Gasteiger partial charge in [-0.2, -0.15) is 0 Å². The molecule has 32 heavy (non-hydrogen) atoms. The van der Waals surface area contributed by atoms with Crippen LogP contribution in [0.15, 0.2) is 65.0 Å². The fraction of sp³-hybridized carbons (Fsp3) is 0.240. The van der Waals surface area contributed by atoms with E-state index in [0.29, 0.717) is 27.6 Å². The first-order valence-corrected chi connectivity index (χ1v) is 11.3. The summed E-state index contributed by atoms with van der Waals surface area (Å²) < 4.78 is 6.68. The van der Waals surface area contributed by atoms with E-state index in [0.717, 1.165) is 11.1 Å². The summed E-state index contributed by atoms with van der Waals surface area (Å²) in [5.74, 6) is 0.666. The molecule has 6 nitrogen and oxygen atoms in total. The number of carbonyl (C=O) groups excluding carboxylic acids is 1. The second-order valence-electron chi connectivity index (χ2n) is 7.93. The molecule has 2 aromatic carbocycles. The molecule has 2 aromatic heterocycles. The summed E-state index contributed by atoms with van der Waals surface area (Å²) in [6.07, 6.45) is 1.44. The quantitative estimate of drug-likeness (QED) is 0.426. The number of fused-ring (bicyclic) bond motifs is 1. The Labute approximate surface area is 190 Å². The van der Waals surface area contributed by atoms with E-state index in [1.807, 2.05) is 29.6 Å². The fourth-order valence-electron chi connectivity index (χ4n) is 3.59. The number of benzene rings is 2. The second kappa shape index (κ2) is 8.96. The Morgan fingerprint density at radius 1 is 1.09 bits per heavy atom. The summed E-state index contributed by atoms with van der Waals surface area (Å²) in [4.78, 5) is 31.4. The van der Waals surface area contributed by atoms with Crippen molar-refractivity contribution < 1.29 is 9.53 Å². The zero-order valence-electron chi connectivity index (χ0n) is 18.5. The van der Waals surface area contributed by atoms with Gasteiger partial charge >= 0.3 is 0 Å². The molecule has 1 amide bonds. The van der Waals surface area contributed by atoms with Crippen molar-refractivity contribution >= 4 is 33.1 Å². The Morgan fingerprint density at radius 3 is 2.50 bits per heavy atom. The highest BCUT2D eigenvalue weighted by Crippen LogP contribution is 2.32. The van der Waals surface area contributed by atoms with Crippen LogP contribution in [0.5, 0.6) is 5.75 Å². The normalized spacial score (nSPS) is 12.2. The molecule has 1 unspecified atom stereocenters. The number of methoxy groups -OCH3 is 1. The van der Waals surface area contributed by atoms with Crippen molar-refractivity contribution in [3.05, 3.63) is 76.2 Å². The summed E-state index contributed by atoms with van der Waals surface area (Å²) in [5.41, 5.74) is 3.36. The standard InChI is InChI=1S/C25H25N3O3S/c1-15(2)17-9-11-18(12-10-17)19-13-32-24-22(19)25(30)28(14-26-24)16(3)23(29)27-20-7-5-6-8-21(20)31-4/h5-16H,1-4H3,(H,27,29). The van der Waals surface area contributed by atoms with Crippen LogP contribution in [0.25, 0.3) is 21.3 Å². The van der Waals surface area contributed by atoms with Crippen LogP contribution in [0.2, 0.25) is 0 Å². The molecule has 0 radical (unpaired) electrons. The SMILES string of the molecule is COc1ccccc1NC(=O)C(C)n1cnc2scc(-c3ccc(C(C)C)cc3)c2c1=O. The summed E-state index contributed by atoms with van der Waals surface area (Å²) in [6.45, 7) is 5.98. The van der Waals surface area contributed by atoms with Crippen LogP contribution >= 0.6 is 11.3 Å². The maximum absolute atomic E-state index is 13.4. The van der Waals surface area contributed by atoms with Gasteiger partial charge in [-0.25, -0.2) is 4.98 Å². The van der Waals surface area contributed by atoms with Crippen molar-refractivity contribution in [3.63, 3.8) is 0 Å². The van der Waals surface area contributed by atoms with E-state index in [2.05, 4.69) is 36.3 Å². The lowest BCUT2D eigenvalue weighted by molar-refractivity contribution is -0.118. The molecule has 2 heterocycles. The fourth-order valence-corrected chi connectivity index (χ4v) is 4.50. The molecule has 164 valence electrons. The molecule has 1 atom stereocenters. The third-order valence-electron chi connectivity index (χ3n) is 5.57. The average Bonchev–Trinajstić information content (AvgIpc) is 3.24. The Bertz CT molecular complexity index is 1320. The summed E-state index contributed by atoms with van der Waals surface area (Å²) >= 11 is 1.43. The highest BCUT2D eigenvalue weighted by molar-refractivity contribution is 7.17. The Hall–Kier alpha value is -3.45. The monoisotopic (exact) mass is 447 g/mol. The number of ether oxygens (including phenoxy) is 1. The first-order valence-electron chi connectivity index (χ1n) is 10.4. The molecule has 0 saturated carbocycles. The smallest absolute Gasteiger partial charge is 0.263 e. The molecule has 0 bridgehead atoms. The number of nitrogens with zero attached hydrogens (tertiary/aromatic N) is 2. The largest absolute Gasteiger partial charge is 0.495 e. The molecular weight excluding hydrogens is 422 g/mol. The first kappa shape index (κ1) is 21.8. The van der Waals surface area contributed by atoms with Crippen LogP contribution in [0.1, 0.15) is 38.3 Å². The number of anilines is 1. The van der Waals surface area contributed by atoms with E-state index < -0.39 is 6.04 Å². The van der Waals surface area contributed by atoms with Crippen LogP contribution in [-0.2, 0) is 4.79 Å². The molecule has 1 N–H and O–H groups in total. The predicted octanol–water partition coefficient (Wildman–Crippen LogP) is 5.46. The van der Waals surface area contributed by atoms with Crippen molar-refractivity contribution in [2.45, 2.75) is 32.7 Å². The molecule has 0 spiro atoms. The van der Waals surface area contributed by atoms with Gasteiger partial charge in [-0.3, -0.25) is 14.2 Å². The van der Waals surface area contributed by atoms with Gasteiger partial charge in [-0.1, -0.05) is 50.2 Å². The molecule has 0 fully saturated rings. The van der Waals surface area contributed by atoms with Crippen LogP contribution < -0.4 is 15.6 Å². The number of thiophene rings is 1. The number of hydrogen-bond donors (Lipinski definition) is 1. The van der Waals surface area contributed by atoms with Gasteiger partial charge < -0.3 is 10.1 Å². The minimum absolute atomic E-state index is 0.234. The molecule has 4 rings (SSSR count). The maximum atomic E-state index is 13.4.